The van der Waals surface area contributed by atoms with E-state index in [4.69, 9.17) is 0 Å². The fraction of sp³-hybridized carbons (Fsp3) is 0.609. The third kappa shape index (κ3) is 4.31. The molecule has 3 aliphatic rings. The van der Waals surface area contributed by atoms with Crippen LogP contribution in [0.1, 0.15) is 51.9 Å². The lowest BCUT2D eigenvalue weighted by Crippen LogP contribution is -2.34. The number of hydrogen-bond donors (Lipinski definition) is 1. The van der Waals surface area contributed by atoms with Gasteiger partial charge < -0.3 is 10.2 Å². The van der Waals surface area contributed by atoms with Crippen molar-refractivity contribution in [2.45, 2.75) is 51.9 Å². The van der Waals surface area contributed by atoms with Gasteiger partial charge in [-0.3, -0.25) is 19.3 Å². The monoisotopic (exact) mass is 397 g/mol. The van der Waals surface area contributed by atoms with Crippen LogP contribution in [0.3, 0.4) is 0 Å². The number of fused-ring (bicyclic) bond motifs is 1. The first-order chi connectivity index (χ1) is 14.0. The normalized spacial score (nSPS) is 25.3. The molecule has 0 radical (unpaired) electrons. The minimum Gasteiger partial charge on any atom is -0.372 e. The molecule has 2 aliphatic heterocycles. The maximum absolute atomic E-state index is 12.5. The van der Waals surface area contributed by atoms with Crippen molar-refractivity contribution >= 4 is 29.1 Å². The maximum Gasteiger partial charge on any atom is 0.233 e. The topological polar surface area (TPSA) is 69.7 Å². The van der Waals surface area contributed by atoms with Crippen molar-refractivity contribution in [1.82, 2.24) is 4.90 Å². The lowest BCUT2D eigenvalue weighted by Gasteiger charge is -2.32. The second-order valence-electron chi connectivity index (χ2n) is 8.84. The minimum absolute atomic E-state index is 0.0762. The van der Waals surface area contributed by atoms with Gasteiger partial charge in [0.1, 0.15) is 0 Å². The molecule has 1 saturated carbocycles. The highest BCUT2D eigenvalue weighted by atomic mass is 16.2. The first-order valence-electron chi connectivity index (χ1n) is 11.0. The molecule has 0 aromatic heterocycles. The van der Waals surface area contributed by atoms with Crippen molar-refractivity contribution in [3.63, 3.8) is 0 Å². The first-order valence-corrected chi connectivity index (χ1v) is 11.0. The summed E-state index contributed by atoms with van der Waals surface area (Å²) in [5.74, 6) is 0.179. The van der Waals surface area contributed by atoms with Gasteiger partial charge in [-0.2, -0.15) is 0 Å². The molecule has 29 heavy (non-hydrogen) atoms. The highest BCUT2D eigenvalue weighted by Crippen LogP contribution is 2.38. The molecule has 4 rings (SSSR count). The Kier molecular flexibility index (Phi) is 5.88. The summed E-state index contributed by atoms with van der Waals surface area (Å²) >= 11 is 0. The van der Waals surface area contributed by atoms with E-state index in [-0.39, 0.29) is 42.5 Å². The van der Waals surface area contributed by atoms with Gasteiger partial charge in [0.25, 0.3) is 0 Å². The van der Waals surface area contributed by atoms with E-state index in [0.29, 0.717) is 0 Å². The zero-order chi connectivity index (χ0) is 20.4. The molecule has 2 atom stereocenters. The number of carbonyl (C=O) groups is 3. The number of anilines is 2. The van der Waals surface area contributed by atoms with Crippen LogP contribution in [0, 0.1) is 17.8 Å². The number of amides is 3. The Morgan fingerprint density at radius 2 is 1.55 bits per heavy atom. The molecule has 1 N–H and O–H groups in total. The van der Waals surface area contributed by atoms with Gasteiger partial charge in [0.05, 0.1) is 11.8 Å². The number of likely N-dealkylation sites (tertiary alicyclic amines) is 1. The third-order valence-corrected chi connectivity index (χ3v) is 6.79. The summed E-state index contributed by atoms with van der Waals surface area (Å²) in [5, 5.41) is 2.89. The predicted molar refractivity (Wildman–Crippen MR) is 112 cm³/mol. The highest BCUT2D eigenvalue weighted by Gasteiger charge is 2.47. The zero-order valence-electron chi connectivity index (χ0n) is 17.2. The van der Waals surface area contributed by atoms with Gasteiger partial charge in [-0.15, -0.1) is 0 Å². The average molecular weight is 398 g/mol. The van der Waals surface area contributed by atoms with Crippen LogP contribution in [0.15, 0.2) is 24.3 Å². The number of nitrogens with zero attached hydrogens (tertiary/aromatic N) is 2. The molecule has 3 fully saturated rings. The summed E-state index contributed by atoms with van der Waals surface area (Å²) in [6, 6.07) is 7.94. The number of nitrogens with one attached hydrogen (secondary N) is 1. The molecule has 0 spiro atoms. The van der Waals surface area contributed by atoms with E-state index in [1.54, 1.807) is 0 Å². The van der Waals surface area contributed by atoms with Crippen LogP contribution in [0.4, 0.5) is 11.4 Å². The van der Waals surface area contributed by atoms with Crippen LogP contribution in [0.2, 0.25) is 0 Å². The summed E-state index contributed by atoms with van der Waals surface area (Å²) < 4.78 is 0. The van der Waals surface area contributed by atoms with Gasteiger partial charge in [0, 0.05) is 37.4 Å². The molecular formula is C23H31N3O3. The molecule has 1 aliphatic carbocycles. The van der Waals surface area contributed by atoms with Gasteiger partial charge in [-0.05, 0) is 55.9 Å². The third-order valence-electron chi connectivity index (χ3n) is 6.79. The van der Waals surface area contributed by atoms with Crippen molar-refractivity contribution in [2.75, 3.05) is 29.9 Å². The van der Waals surface area contributed by atoms with Crippen molar-refractivity contribution < 1.29 is 14.4 Å². The van der Waals surface area contributed by atoms with E-state index in [0.717, 1.165) is 50.4 Å². The van der Waals surface area contributed by atoms with Crippen LogP contribution in [-0.2, 0) is 14.4 Å². The Labute approximate surface area is 172 Å². The molecule has 1 aromatic carbocycles. The lowest BCUT2D eigenvalue weighted by atomic mass is 9.81. The van der Waals surface area contributed by atoms with Crippen molar-refractivity contribution in [1.29, 1.82) is 0 Å². The van der Waals surface area contributed by atoms with E-state index in [9.17, 15) is 14.4 Å². The summed E-state index contributed by atoms with van der Waals surface area (Å²) in [7, 11) is 0. The summed E-state index contributed by atoms with van der Waals surface area (Å²) in [4.78, 5) is 41.0. The average Bonchev–Trinajstić information content (AvgIpc) is 2.98. The van der Waals surface area contributed by atoms with Crippen molar-refractivity contribution in [3.8, 4) is 0 Å². The van der Waals surface area contributed by atoms with Crippen LogP contribution in [-0.4, -0.2) is 42.3 Å². The second kappa shape index (κ2) is 8.56. The molecule has 156 valence electrons. The quantitative estimate of drug-likeness (QED) is 0.773. The number of imide groups is 1. The van der Waals surface area contributed by atoms with Crippen molar-refractivity contribution in [2.24, 2.45) is 17.8 Å². The molecule has 3 amide bonds. The van der Waals surface area contributed by atoms with E-state index in [1.807, 2.05) is 24.3 Å². The van der Waals surface area contributed by atoms with Gasteiger partial charge >= 0.3 is 0 Å². The van der Waals surface area contributed by atoms with Gasteiger partial charge in [0.2, 0.25) is 17.7 Å². The number of benzene rings is 1. The predicted octanol–water partition coefficient (Wildman–Crippen LogP) is 3.43. The highest BCUT2D eigenvalue weighted by molar-refractivity contribution is 6.05. The largest absolute Gasteiger partial charge is 0.372 e. The summed E-state index contributed by atoms with van der Waals surface area (Å²) in [6.45, 7) is 4.63. The smallest absolute Gasteiger partial charge is 0.233 e. The second-order valence-corrected chi connectivity index (χ2v) is 8.84. The van der Waals surface area contributed by atoms with E-state index in [1.165, 1.54) is 23.4 Å². The zero-order valence-corrected chi connectivity index (χ0v) is 17.2. The van der Waals surface area contributed by atoms with Crippen molar-refractivity contribution in [3.05, 3.63) is 24.3 Å². The summed E-state index contributed by atoms with van der Waals surface area (Å²) in [6.07, 6.45) is 6.22. The lowest BCUT2D eigenvalue weighted by molar-refractivity contribution is -0.140. The van der Waals surface area contributed by atoms with E-state index >= 15 is 0 Å². The van der Waals surface area contributed by atoms with Crippen LogP contribution in [0.25, 0.3) is 0 Å². The molecule has 2 saturated heterocycles. The van der Waals surface area contributed by atoms with E-state index in [2.05, 4.69) is 17.1 Å². The number of carbonyl (C=O) groups excluding carboxylic acids is 3. The van der Waals surface area contributed by atoms with Gasteiger partial charge in [-0.1, -0.05) is 19.8 Å². The number of piperidine rings is 1. The van der Waals surface area contributed by atoms with Gasteiger partial charge in [0.15, 0.2) is 0 Å². The Hall–Kier alpha value is -2.37. The molecule has 0 unspecified atom stereocenters. The van der Waals surface area contributed by atoms with Crippen LogP contribution in [0.5, 0.6) is 0 Å². The molecule has 0 bridgehead atoms. The molecular weight excluding hydrogens is 366 g/mol. The Bertz CT molecular complexity index is 744. The van der Waals surface area contributed by atoms with Crippen LogP contribution < -0.4 is 10.2 Å². The SMILES string of the molecule is CC1CCN(c2ccc(NC(=O)CCN3C(=O)[C@@H]4CCCC[C@H]4C3=O)cc2)CC1. The fourth-order valence-corrected chi connectivity index (χ4v) is 4.91. The first kappa shape index (κ1) is 19.9. The van der Waals surface area contributed by atoms with Gasteiger partial charge in [-0.25, -0.2) is 0 Å². The standard InChI is InChI=1S/C23H31N3O3/c1-16-10-13-25(14-11-16)18-8-6-17(7-9-18)24-21(27)12-15-26-22(28)19-4-2-3-5-20(19)23(26)29/h6-9,16,19-20H,2-5,10-15H2,1H3,(H,24,27)/t19-,20-/m1/s1. The minimum atomic E-state index is -0.167. The Morgan fingerprint density at radius 1 is 0.966 bits per heavy atom. The van der Waals surface area contributed by atoms with E-state index < -0.39 is 0 Å². The van der Waals surface area contributed by atoms with Crippen LogP contribution >= 0.6 is 0 Å². The Balaban J connectivity index is 1.27. The summed E-state index contributed by atoms with van der Waals surface area (Å²) in [5.41, 5.74) is 1.93. The fourth-order valence-electron chi connectivity index (χ4n) is 4.91. The number of rotatable bonds is 5. The Morgan fingerprint density at radius 3 is 2.14 bits per heavy atom. The molecule has 6 nitrogen and oxygen atoms in total. The maximum atomic E-state index is 12.5. The molecule has 2 heterocycles. The molecule has 1 aromatic rings. The number of hydrogen-bond acceptors (Lipinski definition) is 4. The molecule has 6 heteroatoms.